The molecule has 42 heavy (non-hydrogen) atoms. The van der Waals surface area contributed by atoms with Crippen LogP contribution in [0, 0.1) is 0 Å². The summed E-state index contributed by atoms with van der Waals surface area (Å²) in [6, 6.07) is 16.4. The highest BCUT2D eigenvalue weighted by Crippen LogP contribution is 2.37. The summed E-state index contributed by atoms with van der Waals surface area (Å²) in [5, 5.41) is 10.3. The van der Waals surface area contributed by atoms with Gasteiger partial charge in [0.2, 0.25) is 0 Å². The number of rotatable bonds is 8. The number of carbonyl (C=O) groups excluding carboxylic acids is 2. The molecule has 0 aliphatic heterocycles. The molecule has 0 aliphatic rings. The molecule has 0 aliphatic carbocycles. The standard InChI is InChI=1S/C29H31Cl2N7O4/c1-29(2,3)22-16-24(38(35-22)17-18-9-11-19(41-5)12-10-18)34-27(39)33-20-13-14-21(26(31)25(20)30)42-36-28(40)37(4)23-8-6-7-15-32-23/h6-16H,17H2,1-5H3,(H,36,40)(H2,33,34,39). The molecule has 0 atom stereocenters. The maximum Gasteiger partial charge on any atom is 0.355 e. The van der Waals surface area contributed by atoms with Crippen LogP contribution in [0.2, 0.25) is 10.0 Å². The van der Waals surface area contributed by atoms with Gasteiger partial charge >= 0.3 is 12.1 Å². The Hall–Kier alpha value is -4.48. The summed E-state index contributed by atoms with van der Waals surface area (Å²) in [4.78, 5) is 36.2. The second-order valence-electron chi connectivity index (χ2n) is 10.2. The van der Waals surface area contributed by atoms with Crippen molar-refractivity contribution in [2.75, 3.05) is 29.7 Å². The van der Waals surface area contributed by atoms with Crippen molar-refractivity contribution in [1.29, 1.82) is 0 Å². The summed E-state index contributed by atoms with van der Waals surface area (Å²) >= 11 is 12.8. The topological polar surface area (TPSA) is 123 Å². The molecule has 0 unspecified atom stereocenters. The van der Waals surface area contributed by atoms with Crippen molar-refractivity contribution in [2.45, 2.75) is 32.7 Å². The number of urea groups is 2. The predicted octanol–water partition coefficient (Wildman–Crippen LogP) is 6.72. The Morgan fingerprint density at radius 3 is 2.38 bits per heavy atom. The number of nitrogens with one attached hydrogen (secondary N) is 3. The fraction of sp³-hybridized carbons (Fsp3) is 0.241. The zero-order valence-corrected chi connectivity index (χ0v) is 25.2. The predicted molar refractivity (Wildman–Crippen MR) is 164 cm³/mol. The highest BCUT2D eigenvalue weighted by atomic mass is 35.5. The van der Waals surface area contributed by atoms with Crippen LogP contribution in [0.15, 0.2) is 66.9 Å². The second kappa shape index (κ2) is 13.0. The van der Waals surface area contributed by atoms with Gasteiger partial charge in [0, 0.05) is 24.7 Å². The quantitative estimate of drug-likeness (QED) is 0.190. The molecule has 2 aromatic heterocycles. The molecule has 13 heteroatoms. The van der Waals surface area contributed by atoms with Crippen LogP contribution in [0.25, 0.3) is 0 Å². The third-order valence-corrected chi connectivity index (χ3v) is 6.99. The van der Waals surface area contributed by atoms with E-state index < -0.39 is 12.1 Å². The third kappa shape index (κ3) is 7.42. The molecular formula is C29H31Cl2N7O4. The Morgan fingerprint density at radius 1 is 1.00 bits per heavy atom. The Kier molecular flexibility index (Phi) is 9.44. The number of nitrogens with zero attached hydrogens (tertiary/aromatic N) is 4. The summed E-state index contributed by atoms with van der Waals surface area (Å²) in [5.41, 5.74) is 4.07. The number of hydrogen-bond donors (Lipinski definition) is 3. The zero-order valence-electron chi connectivity index (χ0n) is 23.7. The first kappa shape index (κ1) is 30.5. The van der Waals surface area contributed by atoms with Crippen molar-refractivity contribution < 1.29 is 19.2 Å². The Morgan fingerprint density at radius 2 is 1.74 bits per heavy atom. The van der Waals surface area contributed by atoms with Gasteiger partial charge in [-0.2, -0.15) is 10.6 Å². The van der Waals surface area contributed by atoms with Gasteiger partial charge < -0.3 is 14.9 Å². The van der Waals surface area contributed by atoms with E-state index >= 15 is 0 Å². The van der Waals surface area contributed by atoms with Gasteiger partial charge in [-0.05, 0) is 42.0 Å². The SMILES string of the molecule is COc1ccc(Cn2nc(C(C)(C)C)cc2NC(=O)Nc2ccc(ONC(=O)N(C)c3ccccn3)c(Cl)c2Cl)cc1. The van der Waals surface area contributed by atoms with Crippen LogP contribution in [0.4, 0.5) is 26.9 Å². The molecule has 11 nitrogen and oxygen atoms in total. The third-order valence-electron chi connectivity index (χ3n) is 6.12. The lowest BCUT2D eigenvalue weighted by Crippen LogP contribution is -2.39. The van der Waals surface area contributed by atoms with Crippen LogP contribution < -0.4 is 30.6 Å². The molecule has 4 aromatic rings. The monoisotopic (exact) mass is 611 g/mol. The van der Waals surface area contributed by atoms with Crippen molar-refractivity contribution in [3.8, 4) is 11.5 Å². The van der Waals surface area contributed by atoms with E-state index in [0.717, 1.165) is 17.0 Å². The van der Waals surface area contributed by atoms with Crippen LogP contribution in [-0.4, -0.2) is 41.0 Å². The number of halogens is 2. The van der Waals surface area contributed by atoms with Crippen molar-refractivity contribution in [3.05, 3.63) is 88.2 Å². The molecule has 2 heterocycles. The number of methoxy groups -OCH3 is 1. The van der Waals surface area contributed by atoms with E-state index in [2.05, 4.69) is 21.1 Å². The average Bonchev–Trinajstić information content (AvgIpc) is 3.37. The lowest BCUT2D eigenvalue weighted by molar-refractivity contribution is 0.184. The first-order valence-corrected chi connectivity index (χ1v) is 13.6. The first-order valence-electron chi connectivity index (χ1n) is 12.8. The number of hydrogen-bond acceptors (Lipinski definition) is 6. The minimum atomic E-state index is -0.580. The second-order valence-corrected chi connectivity index (χ2v) is 11.0. The molecule has 0 radical (unpaired) electrons. The number of amides is 4. The van der Waals surface area contributed by atoms with Crippen LogP contribution >= 0.6 is 23.2 Å². The van der Waals surface area contributed by atoms with Gasteiger partial charge in [-0.3, -0.25) is 10.2 Å². The van der Waals surface area contributed by atoms with Gasteiger partial charge in [-0.15, -0.1) is 0 Å². The molecule has 0 saturated heterocycles. The van der Waals surface area contributed by atoms with Gasteiger partial charge in [0.15, 0.2) is 5.75 Å². The van der Waals surface area contributed by atoms with Gasteiger partial charge in [0.05, 0.1) is 30.1 Å². The molecule has 0 saturated carbocycles. The number of carbonyl (C=O) groups is 2. The van der Waals surface area contributed by atoms with Gasteiger partial charge in [-0.1, -0.05) is 62.2 Å². The number of benzene rings is 2. The maximum atomic E-state index is 13.0. The molecular weight excluding hydrogens is 581 g/mol. The molecule has 0 fully saturated rings. The van der Waals surface area contributed by atoms with Gasteiger partial charge in [0.25, 0.3) is 0 Å². The number of pyridine rings is 1. The van der Waals surface area contributed by atoms with E-state index in [1.54, 1.807) is 36.2 Å². The Balaban J connectivity index is 1.44. The number of aromatic nitrogens is 3. The first-order chi connectivity index (χ1) is 20.0. The molecule has 4 amide bonds. The zero-order chi connectivity index (χ0) is 30.4. The van der Waals surface area contributed by atoms with Crippen LogP contribution in [0.5, 0.6) is 11.5 Å². The van der Waals surface area contributed by atoms with Crippen molar-refractivity contribution >= 4 is 52.6 Å². The number of hydroxylamine groups is 1. The van der Waals surface area contributed by atoms with Crippen molar-refractivity contribution in [3.63, 3.8) is 0 Å². The van der Waals surface area contributed by atoms with Crippen LogP contribution in [-0.2, 0) is 12.0 Å². The average molecular weight is 613 g/mol. The smallest absolute Gasteiger partial charge is 0.355 e. The highest BCUT2D eigenvalue weighted by molar-refractivity contribution is 6.45. The van der Waals surface area contributed by atoms with Crippen LogP contribution in [0.3, 0.4) is 0 Å². The van der Waals surface area contributed by atoms with E-state index in [9.17, 15) is 9.59 Å². The normalized spacial score (nSPS) is 11.0. The minimum absolute atomic E-state index is 0.00479. The van der Waals surface area contributed by atoms with E-state index in [1.165, 1.54) is 24.1 Å². The molecule has 0 spiro atoms. The molecule has 4 rings (SSSR count). The highest BCUT2D eigenvalue weighted by Gasteiger charge is 2.22. The van der Waals surface area contributed by atoms with E-state index in [1.807, 2.05) is 51.1 Å². The lowest BCUT2D eigenvalue weighted by atomic mass is 9.92. The molecule has 0 bridgehead atoms. The number of ether oxygens (including phenoxy) is 1. The summed E-state index contributed by atoms with van der Waals surface area (Å²) < 4.78 is 6.96. The Bertz CT molecular complexity index is 1550. The fourth-order valence-corrected chi connectivity index (χ4v) is 4.12. The summed E-state index contributed by atoms with van der Waals surface area (Å²) in [7, 11) is 3.15. The summed E-state index contributed by atoms with van der Waals surface area (Å²) in [6.45, 7) is 6.56. The van der Waals surface area contributed by atoms with Crippen molar-refractivity contribution in [2.24, 2.45) is 0 Å². The van der Waals surface area contributed by atoms with Crippen LogP contribution in [0.1, 0.15) is 32.0 Å². The number of anilines is 3. The largest absolute Gasteiger partial charge is 0.497 e. The minimum Gasteiger partial charge on any atom is -0.497 e. The van der Waals surface area contributed by atoms with E-state index in [0.29, 0.717) is 18.2 Å². The molecule has 220 valence electrons. The summed E-state index contributed by atoms with van der Waals surface area (Å²) in [5.74, 6) is 1.75. The fourth-order valence-electron chi connectivity index (χ4n) is 3.71. The van der Waals surface area contributed by atoms with E-state index in [-0.39, 0.29) is 26.9 Å². The van der Waals surface area contributed by atoms with E-state index in [4.69, 9.17) is 37.9 Å². The molecule has 3 N–H and O–H groups in total. The van der Waals surface area contributed by atoms with Gasteiger partial charge in [-0.25, -0.2) is 19.3 Å². The molecule has 2 aromatic carbocycles. The Labute approximate surface area is 253 Å². The van der Waals surface area contributed by atoms with Gasteiger partial charge in [0.1, 0.15) is 22.4 Å². The summed E-state index contributed by atoms with van der Waals surface area (Å²) in [6.07, 6.45) is 1.57. The lowest BCUT2D eigenvalue weighted by Gasteiger charge is -2.18. The van der Waals surface area contributed by atoms with Crippen molar-refractivity contribution in [1.82, 2.24) is 20.2 Å². The maximum absolute atomic E-state index is 13.0.